The first-order chi connectivity index (χ1) is 24.8. The van der Waals surface area contributed by atoms with Crippen LogP contribution in [0.2, 0.25) is 0 Å². The highest BCUT2D eigenvalue weighted by molar-refractivity contribution is 6.19. The van der Waals surface area contributed by atoms with E-state index in [4.69, 9.17) is 4.99 Å². The number of aliphatic imine (C=N–C) groups is 1. The molecule has 2 aromatic heterocycles. The largest absolute Gasteiger partial charge is 0.350 e. The molecule has 0 saturated carbocycles. The molecule has 238 valence electrons. The van der Waals surface area contributed by atoms with Gasteiger partial charge in [-0.15, -0.1) is 0 Å². The molecule has 0 spiro atoms. The maximum atomic E-state index is 5.17. The first-order valence-electron chi connectivity index (χ1n) is 17.1. The predicted molar refractivity (Wildman–Crippen MR) is 206 cm³/mol. The molecule has 2 N–H and O–H groups in total. The van der Waals surface area contributed by atoms with E-state index in [9.17, 15) is 0 Å². The lowest BCUT2D eigenvalue weighted by Crippen LogP contribution is -2.44. The monoisotopic (exact) mass is 643 g/mol. The van der Waals surface area contributed by atoms with Crippen molar-refractivity contribution < 1.29 is 0 Å². The zero-order chi connectivity index (χ0) is 33.0. The second kappa shape index (κ2) is 11.6. The summed E-state index contributed by atoms with van der Waals surface area (Å²) in [6.45, 7) is 0. The molecule has 5 heteroatoms. The van der Waals surface area contributed by atoms with Crippen molar-refractivity contribution in [2.24, 2.45) is 4.99 Å². The van der Waals surface area contributed by atoms with Crippen LogP contribution in [0.5, 0.6) is 0 Å². The first-order valence-corrected chi connectivity index (χ1v) is 17.1. The van der Waals surface area contributed by atoms with Gasteiger partial charge < -0.3 is 14.5 Å². The summed E-state index contributed by atoms with van der Waals surface area (Å²) in [5.41, 5.74) is 10.4. The minimum absolute atomic E-state index is 0.0790. The summed E-state index contributed by atoms with van der Waals surface area (Å²) in [7, 11) is 0. The van der Waals surface area contributed by atoms with Gasteiger partial charge in [-0.25, -0.2) is 4.99 Å². The van der Waals surface area contributed by atoms with Crippen molar-refractivity contribution in [2.45, 2.75) is 12.3 Å². The van der Waals surface area contributed by atoms with Gasteiger partial charge in [-0.2, -0.15) is 0 Å². The molecule has 0 fully saturated rings. The minimum Gasteiger partial charge on any atom is -0.350 e. The molecular weight excluding hydrogens is 611 g/mol. The van der Waals surface area contributed by atoms with E-state index in [1.807, 2.05) is 6.07 Å². The predicted octanol–water partition coefficient (Wildman–Crippen LogP) is 10.2. The van der Waals surface area contributed by atoms with Crippen molar-refractivity contribution in [1.82, 2.24) is 19.8 Å². The summed E-state index contributed by atoms with van der Waals surface area (Å²) in [6.07, 6.45) is -0.297. The van der Waals surface area contributed by atoms with Gasteiger partial charge in [0.05, 0.1) is 22.1 Å². The van der Waals surface area contributed by atoms with Gasteiger partial charge in [0.25, 0.3) is 0 Å². The quantitative estimate of drug-likeness (QED) is 0.196. The van der Waals surface area contributed by atoms with Crippen LogP contribution in [-0.2, 0) is 0 Å². The third-order valence-electron chi connectivity index (χ3n) is 9.99. The lowest BCUT2D eigenvalue weighted by molar-refractivity contribution is 0.409. The number of para-hydroxylation sites is 3. The summed E-state index contributed by atoms with van der Waals surface area (Å²) in [5.74, 6) is 0.882. The Labute approximate surface area is 289 Å². The third-order valence-corrected chi connectivity index (χ3v) is 9.99. The summed E-state index contributed by atoms with van der Waals surface area (Å²) in [6, 6.07) is 62.7. The summed E-state index contributed by atoms with van der Waals surface area (Å²) >= 11 is 0. The zero-order valence-electron chi connectivity index (χ0n) is 27.2. The first kappa shape index (κ1) is 28.6. The van der Waals surface area contributed by atoms with E-state index in [1.54, 1.807) is 0 Å². The van der Waals surface area contributed by atoms with Crippen LogP contribution < -0.4 is 10.6 Å². The van der Waals surface area contributed by atoms with Crippen LogP contribution in [0.15, 0.2) is 181 Å². The SMILES string of the molecule is c1ccc(C2=NC(c3ccc(-n4c5ccccc5c5cc6c7ccccc7n(-c7ccccc7)c6cc54)cc3)NC(c3ccccc3)N2)cc1. The van der Waals surface area contributed by atoms with Crippen LogP contribution in [0.4, 0.5) is 0 Å². The zero-order valence-corrected chi connectivity index (χ0v) is 27.2. The molecule has 50 heavy (non-hydrogen) atoms. The molecule has 1 aliphatic rings. The van der Waals surface area contributed by atoms with E-state index < -0.39 is 0 Å². The summed E-state index contributed by atoms with van der Waals surface area (Å²) < 4.78 is 4.80. The third kappa shape index (κ3) is 4.63. The summed E-state index contributed by atoms with van der Waals surface area (Å²) in [4.78, 5) is 5.17. The van der Waals surface area contributed by atoms with Crippen molar-refractivity contribution in [3.8, 4) is 11.4 Å². The Morgan fingerprint density at radius 3 is 1.56 bits per heavy atom. The van der Waals surface area contributed by atoms with E-state index in [1.165, 1.54) is 49.2 Å². The fraction of sp³-hybridized carbons (Fsp3) is 0.0444. The Hall–Kier alpha value is -6.43. The average Bonchev–Trinajstić information content (AvgIpc) is 3.70. The number of amidine groups is 1. The number of nitrogens with one attached hydrogen (secondary N) is 2. The fourth-order valence-electron chi connectivity index (χ4n) is 7.66. The minimum atomic E-state index is -0.218. The fourth-order valence-corrected chi connectivity index (χ4v) is 7.66. The second-order valence-corrected chi connectivity index (χ2v) is 12.9. The molecule has 0 saturated heterocycles. The smallest absolute Gasteiger partial charge is 0.131 e. The van der Waals surface area contributed by atoms with E-state index in [-0.39, 0.29) is 12.3 Å². The number of nitrogens with zero attached hydrogens (tertiary/aromatic N) is 3. The number of fused-ring (bicyclic) bond motifs is 6. The normalized spacial score (nSPS) is 16.2. The van der Waals surface area contributed by atoms with Gasteiger partial charge in [0.2, 0.25) is 0 Å². The standard InChI is InChI=1S/C45H33N5/c1-4-14-30(15-5-1)43-46-44(31-16-6-2-7-17-31)48-45(47-43)32-24-26-34(27-25-32)50-40-23-13-11-21-36(40)38-28-37-35-20-10-12-22-39(35)49(41(37)29-42(38)50)33-18-8-3-9-19-33/h1-29,43,45,47H,(H,46,48). The van der Waals surface area contributed by atoms with Gasteiger partial charge in [0.15, 0.2) is 0 Å². The van der Waals surface area contributed by atoms with E-state index >= 15 is 0 Å². The molecule has 3 heterocycles. The number of benzene rings is 7. The van der Waals surface area contributed by atoms with Crippen LogP contribution in [0.3, 0.4) is 0 Å². The van der Waals surface area contributed by atoms with Gasteiger partial charge in [0.1, 0.15) is 18.2 Å². The highest BCUT2D eigenvalue weighted by Gasteiger charge is 2.25. The van der Waals surface area contributed by atoms with Crippen LogP contribution in [0.25, 0.3) is 55.0 Å². The highest BCUT2D eigenvalue weighted by atomic mass is 15.3. The number of rotatable bonds is 5. The number of hydrogen-bond acceptors (Lipinski definition) is 3. The molecule has 5 nitrogen and oxygen atoms in total. The Bertz CT molecular complexity index is 2690. The second-order valence-electron chi connectivity index (χ2n) is 12.9. The van der Waals surface area contributed by atoms with Crippen LogP contribution in [0, 0.1) is 0 Å². The van der Waals surface area contributed by atoms with Gasteiger partial charge in [-0.1, -0.05) is 127 Å². The average molecular weight is 644 g/mol. The van der Waals surface area contributed by atoms with E-state index in [2.05, 4.69) is 190 Å². The molecule has 0 aliphatic carbocycles. The maximum Gasteiger partial charge on any atom is 0.131 e. The topological polar surface area (TPSA) is 46.3 Å². The Morgan fingerprint density at radius 1 is 0.420 bits per heavy atom. The van der Waals surface area contributed by atoms with E-state index in [0.29, 0.717) is 0 Å². The van der Waals surface area contributed by atoms with Crippen molar-refractivity contribution in [3.63, 3.8) is 0 Å². The van der Waals surface area contributed by atoms with E-state index in [0.717, 1.165) is 28.3 Å². The molecule has 0 radical (unpaired) electrons. The van der Waals surface area contributed by atoms with Crippen LogP contribution in [-0.4, -0.2) is 15.0 Å². The number of aromatic nitrogens is 2. The van der Waals surface area contributed by atoms with Crippen LogP contribution in [0.1, 0.15) is 29.0 Å². The molecular formula is C45H33N5. The molecule has 9 aromatic rings. The lowest BCUT2D eigenvalue weighted by atomic mass is 10.1. The van der Waals surface area contributed by atoms with Crippen molar-refractivity contribution in [3.05, 3.63) is 193 Å². The van der Waals surface area contributed by atoms with Crippen LogP contribution >= 0.6 is 0 Å². The Morgan fingerprint density at radius 2 is 0.940 bits per heavy atom. The molecule has 0 bridgehead atoms. The molecule has 10 rings (SSSR count). The summed E-state index contributed by atoms with van der Waals surface area (Å²) in [5, 5.41) is 12.4. The van der Waals surface area contributed by atoms with Crippen molar-refractivity contribution >= 4 is 49.4 Å². The van der Waals surface area contributed by atoms with Crippen molar-refractivity contribution in [1.29, 1.82) is 0 Å². The molecule has 0 amide bonds. The van der Waals surface area contributed by atoms with Gasteiger partial charge >= 0.3 is 0 Å². The Kier molecular flexibility index (Phi) is 6.64. The van der Waals surface area contributed by atoms with Gasteiger partial charge in [-0.05, 0) is 59.7 Å². The highest BCUT2D eigenvalue weighted by Crippen LogP contribution is 2.39. The molecule has 2 atom stereocenters. The van der Waals surface area contributed by atoms with Gasteiger partial charge in [0, 0.05) is 38.5 Å². The van der Waals surface area contributed by atoms with Crippen molar-refractivity contribution in [2.75, 3.05) is 0 Å². The molecule has 7 aromatic carbocycles. The lowest BCUT2D eigenvalue weighted by Gasteiger charge is -2.32. The number of hydrogen-bond donors (Lipinski definition) is 2. The van der Waals surface area contributed by atoms with Gasteiger partial charge in [-0.3, -0.25) is 5.32 Å². The molecule has 2 unspecified atom stereocenters. The maximum absolute atomic E-state index is 5.17. The molecule has 1 aliphatic heterocycles. The Balaban J connectivity index is 1.12.